The lowest BCUT2D eigenvalue weighted by Gasteiger charge is -2.61. The molecule has 29 heavy (non-hydrogen) atoms. The largest absolute Gasteiger partial charge is 0.508 e. The van der Waals surface area contributed by atoms with E-state index in [4.69, 9.17) is 0 Å². The smallest absolute Gasteiger partial charge is 0.120 e. The highest BCUT2D eigenvalue weighted by molar-refractivity contribution is 5.32. The number of β-amino-alcohol motifs (C(OH)–C–C–N with tert-alkyl or cyclic N) is 1. The molecule has 3 heterocycles. The highest BCUT2D eigenvalue weighted by atomic mass is 16.3. The van der Waals surface area contributed by atoms with Gasteiger partial charge in [-0.05, 0) is 24.5 Å². The number of aliphatic hydroxyl groups is 1. The van der Waals surface area contributed by atoms with Gasteiger partial charge in [-0.1, -0.05) is 48.5 Å². The van der Waals surface area contributed by atoms with Crippen LogP contribution >= 0.6 is 0 Å². The molecule has 5 nitrogen and oxygen atoms in total. The zero-order chi connectivity index (χ0) is 19.8. The highest BCUT2D eigenvalue weighted by Gasteiger charge is 2.55. The highest BCUT2D eigenvalue weighted by Crippen LogP contribution is 2.39. The molecule has 0 aliphatic carbocycles. The monoisotopic (exact) mass is 393 g/mol. The van der Waals surface area contributed by atoms with E-state index in [0.717, 1.165) is 64.2 Å². The van der Waals surface area contributed by atoms with Crippen LogP contribution in [0.15, 0.2) is 54.6 Å². The Kier molecular flexibility index (Phi) is 5.08. The minimum absolute atomic E-state index is 0.140. The van der Waals surface area contributed by atoms with E-state index in [-0.39, 0.29) is 11.6 Å². The molecule has 0 aromatic heterocycles. The Morgan fingerprint density at radius 3 is 2.41 bits per heavy atom. The third-order valence-corrected chi connectivity index (χ3v) is 6.97. The molecule has 0 saturated carbocycles. The van der Waals surface area contributed by atoms with E-state index < -0.39 is 0 Å². The fourth-order valence-corrected chi connectivity index (χ4v) is 5.68. The van der Waals surface area contributed by atoms with Crippen molar-refractivity contribution in [3.05, 3.63) is 65.7 Å². The second-order valence-electron chi connectivity index (χ2n) is 9.16. The first kappa shape index (κ1) is 19.1. The summed E-state index contributed by atoms with van der Waals surface area (Å²) in [5.41, 5.74) is 2.53. The lowest BCUT2D eigenvalue weighted by molar-refractivity contribution is -0.116. The number of phenols is 1. The van der Waals surface area contributed by atoms with Gasteiger partial charge in [0.25, 0.3) is 0 Å². The molecule has 2 atom stereocenters. The van der Waals surface area contributed by atoms with Gasteiger partial charge in [-0.2, -0.15) is 0 Å². The van der Waals surface area contributed by atoms with Crippen LogP contribution in [-0.2, 0) is 13.0 Å². The molecule has 2 aromatic carbocycles. The van der Waals surface area contributed by atoms with E-state index in [2.05, 4.69) is 45.0 Å². The Morgan fingerprint density at radius 2 is 1.62 bits per heavy atom. The maximum absolute atomic E-state index is 10.3. The number of piperazine rings is 1. The van der Waals surface area contributed by atoms with Gasteiger partial charge < -0.3 is 10.2 Å². The molecular formula is C24H31N3O2. The van der Waals surface area contributed by atoms with Gasteiger partial charge in [-0.3, -0.25) is 14.7 Å². The summed E-state index contributed by atoms with van der Waals surface area (Å²) in [6.45, 7) is 6.82. The first-order valence-electron chi connectivity index (χ1n) is 10.8. The van der Waals surface area contributed by atoms with Crippen molar-refractivity contribution in [1.82, 2.24) is 14.7 Å². The molecule has 154 valence electrons. The van der Waals surface area contributed by atoms with E-state index >= 15 is 0 Å². The molecule has 0 radical (unpaired) electrons. The molecule has 0 amide bonds. The number of hydrogen-bond acceptors (Lipinski definition) is 5. The summed E-state index contributed by atoms with van der Waals surface area (Å²) >= 11 is 0. The van der Waals surface area contributed by atoms with E-state index in [1.165, 1.54) is 5.56 Å². The van der Waals surface area contributed by atoms with Crippen LogP contribution in [0.4, 0.5) is 0 Å². The summed E-state index contributed by atoms with van der Waals surface area (Å²) in [5, 5.41) is 20.4. The number of para-hydroxylation sites is 1. The summed E-state index contributed by atoms with van der Waals surface area (Å²) in [5.74, 6) is 0.385. The van der Waals surface area contributed by atoms with Gasteiger partial charge in [0.2, 0.25) is 0 Å². The molecule has 5 heteroatoms. The number of benzene rings is 2. The number of nitrogens with zero attached hydrogens (tertiary/aromatic N) is 3. The van der Waals surface area contributed by atoms with Crippen LogP contribution in [0.5, 0.6) is 5.75 Å². The van der Waals surface area contributed by atoms with Crippen molar-refractivity contribution >= 4 is 0 Å². The second-order valence-corrected chi connectivity index (χ2v) is 9.16. The summed E-state index contributed by atoms with van der Waals surface area (Å²) in [6, 6.07) is 18.8. The SMILES string of the molecule is Oc1ccccc1CN1CC2(CN(CCc3ccccc3)C[C@@H]3C[C@@H](O)CN32)C1. The lowest BCUT2D eigenvalue weighted by atomic mass is 9.83. The predicted molar refractivity (Wildman–Crippen MR) is 114 cm³/mol. The maximum atomic E-state index is 10.3. The lowest BCUT2D eigenvalue weighted by Crippen LogP contribution is -2.77. The molecule has 0 bridgehead atoms. The Balaban J connectivity index is 1.26. The molecule has 2 N–H and O–H groups in total. The fourth-order valence-electron chi connectivity index (χ4n) is 5.68. The Labute approximate surface area is 173 Å². The van der Waals surface area contributed by atoms with E-state index in [1.807, 2.05) is 18.2 Å². The van der Waals surface area contributed by atoms with Gasteiger partial charge in [0.05, 0.1) is 11.6 Å². The topological polar surface area (TPSA) is 50.2 Å². The van der Waals surface area contributed by atoms with Crippen molar-refractivity contribution in [2.24, 2.45) is 0 Å². The molecule has 1 spiro atoms. The molecule has 2 aromatic rings. The van der Waals surface area contributed by atoms with Gasteiger partial charge >= 0.3 is 0 Å². The van der Waals surface area contributed by atoms with Gasteiger partial charge in [0.1, 0.15) is 5.75 Å². The van der Waals surface area contributed by atoms with Crippen molar-refractivity contribution in [3.8, 4) is 5.75 Å². The quantitative estimate of drug-likeness (QED) is 0.813. The Morgan fingerprint density at radius 1 is 0.897 bits per heavy atom. The standard InChI is InChI=1S/C24H31N3O2/c28-22-12-21-14-25(11-10-19-6-2-1-3-7-19)16-24(27(21)15-22)17-26(18-24)13-20-8-4-5-9-23(20)29/h1-9,21-22,28-29H,10-18H2/t21-,22+/m0/s1. The maximum Gasteiger partial charge on any atom is 0.120 e. The number of hydrogen-bond donors (Lipinski definition) is 2. The van der Waals surface area contributed by atoms with Gasteiger partial charge in [0, 0.05) is 57.4 Å². The summed E-state index contributed by atoms with van der Waals surface area (Å²) in [7, 11) is 0. The first-order chi connectivity index (χ1) is 14.1. The van der Waals surface area contributed by atoms with Gasteiger partial charge in [0.15, 0.2) is 0 Å². The number of rotatable bonds is 5. The van der Waals surface area contributed by atoms with E-state index in [0.29, 0.717) is 11.8 Å². The van der Waals surface area contributed by atoms with Crippen LogP contribution in [0, 0.1) is 0 Å². The van der Waals surface area contributed by atoms with Gasteiger partial charge in [-0.15, -0.1) is 0 Å². The van der Waals surface area contributed by atoms with Crippen molar-refractivity contribution < 1.29 is 10.2 Å². The molecule has 5 rings (SSSR count). The minimum atomic E-state index is -0.196. The molecule has 3 aliphatic heterocycles. The van der Waals surface area contributed by atoms with Crippen molar-refractivity contribution in [3.63, 3.8) is 0 Å². The average molecular weight is 394 g/mol. The summed E-state index contributed by atoms with van der Waals surface area (Å²) in [4.78, 5) is 7.64. The number of fused-ring (bicyclic) bond motifs is 2. The molecule has 3 aliphatic rings. The zero-order valence-electron chi connectivity index (χ0n) is 17.0. The van der Waals surface area contributed by atoms with Crippen LogP contribution in [0.1, 0.15) is 17.5 Å². The van der Waals surface area contributed by atoms with Crippen molar-refractivity contribution in [2.75, 3.05) is 39.3 Å². The summed E-state index contributed by atoms with van der Waals surface area (Å²) in [6.07, 6.45) is 1.77. The molecule has 3 saturated heterocycles. The number of phenolic OH excluding ortho intramolecular Hbond substituents is 1. The fraction of sp³-hybridized carbons (Fsp3) is 0.500. The number of likely N-dealkylation sites (tertiary alicyclic amines) is 1. The van der Waals surface area contributed by atoms with Crippen molar-refractivity contribution in [1.29, 1.82) is 0 Å². The third-order valence-electron chi connectivity index (χ3n) is 6.97. The van der Waals surface area contributed by atoms with Gasteiger partial charge in [-0.25, -0.2) is 0 Å². The zero-order valence-corrected chi connectivity index (χ0v) is 17.0. The van der Waals surface area contributed by atoms with E-state index in [9.17, 15) is 10.2 Å². The van der Waals surface area contributed by atoms with Crippen LogP contribution in [0.3, 0.4) is 0 Å². The minimum Gasteiger partial charge on any atom is -0.508 e. The Bertz CT molecular complexity index is 837. The van der Waals surface area contributed by atoms with E-state index in [1.54, 1.807) is 6.07 Å². The number of aliphatic hydroxyl groups excluding tert-OH is 1. The molecule has 0 unspecified atom stereocenters. The second kappa shape index (κ2) is 7.73. The van der Waals surface area contributed by atoms with Crippen LogP contribution in [0.25, 0.3) is 0 Å². The predicted octanol–water partition coefficient (Wildman–Crippen LogP) is 1.94. The molecular weight excluding hydrogens is 362 g/mol. The normalized spacial score (nSPS) is 27.1. The van der Waals surface area contributed by atoms with Crippen molar-refractivity contribution in [2.45, 2.75) is 37.1 Å². The third kappa shape index (κ3) is 3.80. The molecule has 3 fully saturated rings. The van der Waals surface area contributed by atoms with Crippen LogP contribution in [0.2, 0.25) is 0 Å². The Hall–Kier alpha value is -1.92. The van der Waals surface area contributed by atoms with Crippen LogP contribution in [-0.4, -0.2) is 81.9 Å². The van der Waals surface area contributed by atoms with Crippen LogP contribution < -0.4 is 0 Å². The number of aromatic hydroxyl groups is 1. The summed E-state index contributed by atoms with van der Waals surface area (Å²) < 4.78 is 0. The average Bonchev–Trinajstić information content (AvgIpc) is 3.08. The first-order valence-corrected chi connectivity index (χ1v) is 10.8.